The highest BCUT2D eigenvalue weighted by Crippen LogP contribution is 2.44. The number of fused-ring (bicyclic) bond motifs is 1. The number of amides is 1. The third-order valence-corrected chi connectivity index (χ3v) is 5.61. The highest BCUT2D eigenvalue weighted by atomic mass is 79.9. The molecule has 0 saturated heterocycles. The van der Waals surface area contributed by atoms with Gasteiger partial charge in [0.25, 0.3) is 5.91 Å². The van der Waals surface area contributed by atoms with Crippen LogP contribution in [0.15, 0.2) is 34.8 Å². The van der Waals surface area contributed by atoms with Crippen LogP contribution < -0.4 is 4.90 Å². The van der Waals surface area contributed by atoms with Crippen LogP contribution in [-0.2, 0) is 10.4 Å². The van der Waals surface area contributed by atoms with Gasteiger partial charge in [-0.25, -0.2) is 0 Å². The van der Waals surface area contributed by atoms with Gasteiger partial charge in [0.15, 0.2) is 11.4 Å². The van der Waals surface area contributed by atoms with Gasteiger partial charge in [0, 0.05) is 22.1 Å². The molecule has 0 fully saturated rings. The van der Waals surface area contributed by atoms with E-state index in [9.17, 15) is 14.7 Å². The van der Waals surface area contributed by atoms with Crippen molar-refractivity contribution in [3.05, 3.63) is 62.6 Å². The molecular formula is C22H24BrNO3. The minimum atomic E-state index is -1.84. The van der Waals surface area contributed by atoms with Crippen molar-refractivity contribution in [1.82, 2.24) is 0 Å². The Morgan fingerprint density at radius 2 is 1.78 bits per heavy atom. The molecule has 0 aromatic heterocycles. The number of carbonyl (C=O) groups is 2. The normalized spacial score (nSPS) is 18.7. The third kappa shape index (κ3) is 3.34. The summed E-state index contributed by atoms with van der Waals surface area (Å²) in [7, 11) is 0. The summed E-state index contributed by atoms with van der Waals surface area (Å²) in [5.41, 5.74) is 2.74. The minimum absolute atomic E-state index is 0.217. The highest BCUT2D eigenvalue weighted by Gasteiger charge is 2.50. The zero-order valence-corrected chi connectivity index (χ0v) is 17.7. The number of hydrogen-bond acceptors (Lipinski definition) is 3. The summed E-state index contributed by atoms with van der Waals surface area (Å²) in [5.74, 6) is -0.640. The number of hydrogen-bond donors (Lipinski definition) is 1. The van der Waals surface area contributed by atoms with E-state index in [0.29, 0.717) is 23.4 Å². The molecule has 0 unspecified atom stereocenters. The number of halogens is 1. The molecule has 2 aromatic carbocycles. The zero-order valence-electron chi connectivity index (χ0n) is 16.1. The van der Waals surface area contributed by atoms with Crippen molar-refractivity contribution in [3.63, 3.8) is 0 Å². The Balaban J connectivity index is 2.05. The number of ketones is 1. The standard InChI is InChI=1S/C22H24BrNO3/c1-5-8-24-18-7-6-16(23)11-17(18)22(27,21(24)26)12-19(25)20-14(3)9-13(2)10-15(20)4/h6-7,9-11,27H,5,8,12H2,1-4H3/t22-/m0/s1. The molecule has 27 heavy (non-hydrogen) atoms. The van der Waals surface area contributed by atoms with Crippen molar-refractivity contribution in [3.8, 4) is 0 Å². The highest BCUT2D eigenvalue weighted by molar-refractivity contribution is 9.10. The lowest BCUT2D eigenvalue weighted by Crippen LogP contribution is -2.42. The molecule has 1 atom stereocenters. The molecule has 0 aliphatic carbocycles. The molecule has 0 radical (unpaired) electrons. The maximum atomic E-state index is 13.1. The van der Waals surface area contributed by atoms with E-state index >= 15 is 0 Å². The second kappa shape index (κ2) is 7.21. The molecule has 4 nitrogen and oxygen atoms in total. The van der Waals surface area contributed by atoms with Crippen LogP contribution in [-0.4, -0.2) is 23.3 Å². The van der Waals surface area contributed by atoms with Crippen LogP contribution in [0.2, 0.25) is 0 Å². The summed E-state index contributed by atoms with van der Waals surface area (Å²) >= 11 is 3.41. The van der Waals surface area contributed by atoms with Gasteiger partial charge in [-0.2, -0.15) is 0 Å². The number of anilines is 1. The van der Waals surface area contributed by atoms with Crippen LogP contribution in [0.5, 0.6) is 0 Å². The van der Waals surface area contributed by atoms with Crippen LogP contribution >= 0.6 is 15.9 Å². The van der Waals surface area contributed by atoms with E-state index in [1.165, 1.54) is 0 Å². The van der Waals surface area contributed by atoms with E-state index < -0.39 is 11.5 Å². The summed E-state index contributed by atoms with van der Waals surface area (Å²) in [6, 6.07) is 9.31. The van der Waals surface area contributed by atoms with Crippen molar-refractivity contribution in [2.45, 2.75) is 46.1 Å². The predicted octanol–water partition coefficient (Wildman–Crippen LogP) is 4.59. The molecule has 0 bridgehead atoms. The van der Waals surface area contributed by atoms with Gasteiger partial charge in [0.05, 0.1) is 12.1 Å². The van der Waals surface area contributed by atoms with Crippen LogP contribution in [0.1, 0.15) is 52.4 Å². The van der Waals surface area contributed by atoms with E-state index in [4.69, 9.17) is 0 Å². The van der Waals surface area contributed by atoms with Gasteiger partial charge >= 0.3 is 0 Å². The Hall–Kier alpha value is -1.98. The number of aliphatic hydroxyl groups is 1. The first-order valence-electron chi connectivity index (χ1n) is 9.14. The average molecular weight is 430 g/mol. The van der Waals surface area contributed by atoms with Crippen molar-refractivity contribution >= 4 is 33.3 Å². The maximum absolute atomic E-state index is 13.1. The number of Topliss-reactive ketones (excluding diaryl/α,β-unsaturated/α-hetero) is 1. The van der Waals surface area contributed by atoms with E-state index in [2.05, 4.69) is 15.9 Å². The van der Waals surface area contributed by atoms with Crippen LogP contribution in [0, 0.1) is 20.8 Å². The lowest BCUT2D eigenvalue weighted by molar-refractivity contribution is -0.135. The second-order valence-corrected chi connectivity index (χ2v) is 8.27. The molecule has 0 spiro atoms. The topological polar surface area (TPSA) is 57.6 Å². The summed E-state index contributed by atoms with van der Waals surface area (Å²) in [6.07, 6.45) is 0.502. The molecule has 5 heteroatoms. The number of benzene rings is 2. The van der Waals surface area contributed by atoms with Gasteiger partial charge in [0.2, 0.25) is 0 Å². The Kier molecular flexibility index (Phi) is 5.28. The lowest BCUT2D eigenvalue weighted by atomic mass is 9.85. The van der Waals surface area contributed by atoms with Gasteiger partial charge in [0.1, 0.15) is 0 Å². The molecule has 142 valence electrons. The first-order chi connectivity index (χ1) is 12.7. The first kappa shape index (κ1) is 19.8. The first-order valence-corrected chi connectivity index (χ1v) is 9.93. The summed E-state index contributed by atoms with van der Waals surface area (Å²) < 4.78 is 0.765. The van der Waals surface area contributed by atoms with Crippen molar-refractivity contribution in [2.75, 3.05) is 11.4 Å². The van der Waals surface area contributed by atoms with E-state index in [1.54, 1.807) is 11.0 Å². The molecule has 1 aliphatic rings. The molecule has 1 amide bonds. The van der Waals surface area contributed by atoms with E-state index in [1.807, 2.05) is 52.0 Å². The number of rotatable bonds is 5. The van der Waals surface area contributed by atoms with Crippen molar-refractivity contribution in [1.29, 1.82) is 0 Å². The maximum Gasteiger partial charge on any atom is 0.264 e. The average Bonchev–Trinajstić information content (AvgIpc) is 2.76. The van der Waals surface area contributed by atoms with Gasteiger partial charge < -0.3 is 10.0 Å². The van der Waals surface area contributed by atoms with E-state index in [0.717, 1.165) is 27.6 Å². The van der Waals surface area contributed by atoms with Crippen LogP contribution in [0.25, 0.3) is 0 Å². The third-order valence-electron chi connectivity index (χ3n) is 5.11. The molecule has 0 saturated carbocycles. The van der Waals surface area contributed by atoms with Gasteiger partial charge in [-0.3, -0.25) is 9.59 Å². The van der Waals surface area contributed by atoms with Crippen molar-refractivity contribution in [2.24, 2.45) is 0 Å². The van der Waals surface area contributed by atoms with Gasteiger partial charge in [-0.05, 0) is 56.5 Å². The number of aryl methyl sites for hydroxylation is 3. The summed E-state index contributed by atoms with van der Waals surface area (Å²) in [5, 5.41) is 11.4. The molecular weight excluding hydrogens is 406 g/mol. The van der Waals surface area contributed by atoms with Gasteiger partial charge in [-0.1, -0.05) is 40.5 Å². The summed E-state index contributed by atoms with van der Waals surface area (Å²) in [6.45, 7) is 8.25. The van der Waals surface area contributed by atoms with Crippen LogP contribution in [0.4, 0.5) is 5.69 Å². The molecule has 1 aliphatic heterocycles. The second-order valence-electron chi connectivity index (χ2n) is 7.35. The summed E-state index contributed by atoms with van der Waals surface area (Å²) in [4.78, 5) is 27.8. The fourth-order valence-electron chi connectivity index (χ4n) is 4.08. The molecule has 1 N–H and O–H groups in total. The molecule has 3 rings (SSSR count). The predicted molar refractivity (Wildman–Crippen MR) is 110 cm³/mol. The Labute approximate surface area is 168 Å². The van der Waals surface area contributed by atoms with Crippen LogP contribution in [0.3, 0.4) is 0 Å². The lowest BCUT2D eigenvalue weighted by Gasteiger charge is -2.23. The Bertz CT molecular complexity index is 914. The fraction of sp³-hybridized carbons (Fsp3) is 0.364. The van der Waals surface area contributed by atoms with Crippen molar-refractivity contribution < 1.29 is 14.7 Å². The van der Waals surface area contributed by atoms with E-state index in [-0.39, 0.29) is 12.2 Å². The van der Waals surface area contributed by atoms with Gasteiger partial charge in [-0.15, -0.1) is 0 Å². The SMILES string of the molecule is CCCN1C(=O)[C@](O)(CC(=O)c2c(C)cc(C)cc2C)c2cc(Br)ccc21. The Morgan fingerprint density at radius 3 is 2.37 bits per heavy atom. The quantitative estimate of drug-likeness (QED) is 0.706. The zero-order chi connectivity index (χ0) is 19.9. The molecule has 2 aromatic rings. The monoisotopic (exact) mass is 429 g/mol. The fourth-order valence-corrected chi connectivity index (χ4v) is 4.44. The molecule has 1 heterocycles. The number of nitrogens with zero attached hydrogens (tertiary/aromatic N) is 1. The Morgan fingerprint density at radius 1 is 1.15 bits per heavy atom. The minimum Gasteiger partial charge on any atom is -0.375 e. The smallest absolute Gasteiger partial charge is 0.264 e. The largest absolute Gasteiger partial charge is 0.375 e. The number of carbonyl (C=O) groups excluding carboxylic acids is 2.